The van der Waals surface area contributed by atoms with Crippen LogP contribution in [-0.2, 0) is 34.2 Å². The minimum atomic E-state index is -5.93. The normalized spacial score (nSPS) is 11.9. The summed E-state index contributed by atoms with van der Waals surface area (Å²) < 4.78 is 128. The van der Waals surface area contributed by atoms with Crippen LogP contribution < -0.4 is 29.6 Å². The van der Waals surface area contributed by atoms with Gasteiger partial charge in [-0.3, -0.25) is 0 Å². The largest absolute Gasteiger partial charge is 1.00 e. The van der Waals surface area contributed by atoms with Gasteiger partial charge in [-0.25, -0.2) is 26.4 Å². The number of carbonyl (C=O) groups is 2. The van der Waals surface area contributed by atoms with Crippen LogP contribution in [0.4, 0.5) is 17.6 Å². The maximum atomic E-state index is 16.5. The molecule has 0 heterocycles. The summed E-state index contributed by atoms with van der Waals surface area (Å²) in [6, 6.07) is 84.1. The van der Waals surface area contributed by atoms with Crippen LogP contribution in [0.25, 0.3) is 43.1 Å². The van der Waals surface area contributed by atoms with E-state index >= 15 is 8.78 Å². The number of hydrogen-bond acceptors (Lipinski definition) is 9. The number of sulfone groups is 1. The number of alkyl halides is 4. The molecule has 0 spiro atoms. The molecular formula is C74H57F4NaO9S2. The first-order chi connectivity index (χ1) is 42.7. The monoisotopic (exact) mass is 1250 g/mol. The smallest absolute Gasteiger partial charge is 0.743 e. The number of rotatable bonds is 15. The first-order valence-corrected chi connectivity index (χ1v) is 31.1. The van der Waals surface area contributed by atoms with Crippen molar-refractivity contribution in [3.05, 3.63) is 335 Å². The second-order valence-electron chi connectivity index (χ2n) is 21.2. The van der Waals surface area contributed by atoms with Crippen molar-refractivity contribution >= 4 is 75.0 Å². The molecule has 90 heavy (non-hydrogen) atoms. The van der Waals surface area contributed by atoms with Crippen molar-refractivity contribution in [2.45, 2.75) is 35.0 Å². The molecule has 12 rings (SSSR count). The molecule has 16 heteroatoms. The number of esters is 2. The number of hydrogen-bond donors (Lipinski definition) is 0. The van der Waals surface area contributed by atoms with Gasteiger partial charge in [-0.15, -0.1) is 0 Å². The maximum Gasteiger partial charge on any atom is 1.00 e. The van der Waals surface area contributed by atoms with Crippen molar-refractivity contribution in [1.29, 1.82) is 0 Å². The second kappa shape index (κ2) is 27.9. The van der Waals surface area contributed by atoms with E-state index in [0.717, 1.165) is 16.3 Å². The van der Waals surface area contributed by atoms with Crippen LogP contribution in [0.3, 0.4) is 0 Å². The minimum absolute atomic E-state index is 0. The molecule has 0 saturated heterocycles. The molecule has 0 fully saturated rings. The summed E-state index contributed by atoms with van der Waals surface area (Å²) in [5.41, 5.74) is 6.71. The molecule has 12 aromatic carbocycles. The van der Waals surface area contributed by atoms with E-state index in [0.29, 0.717) is 38.2 Å². The van der Waals surface area contributed by atoms with Crippen LogP contribution in [0.15, 0.2) is 279 Å². The standard InChI is InChI=1S/C37H28F2O4S.C20H18.C17H12F2O5S.Na/c1-26-20-22-31(23-21-26)37(29-14-4-2-5-15-29,30-16-6-3-7-17-30)44(41,42)36(38,39)25-43-35(40)34-32-18-10-8-12-27(32)24-28-13-9-11-19-33(28)34;1-16-12-14-19(15-13-16)20(17-8-4-2-5-9-17)18-10-6-3-7-11-18;18-17(19,25(21,22)23)10-24-16(20)15-13-7-3-1-5-11(13)9-12-6-2-4-8-14(12)15;/h2-24H,25H2,1H3;2-15,20H,1H3;1-9H,10H2,(H,21,22,23);/q;;;+1/p-1. The van der Waals surface area contributed by atoms with E-state index in [1.165, 1.54) is 46.5 Å². The zero-order valence-electron chi connectivity index (χ0n) is 49.1. The molecule has 0 amide bonds. The van der Waals surface area contributed by atoms with Gasteiger partial charge in [0.05, 0.1) is 11.1 Å². The number of halogens is 4. The third kappa shape index (κ3) is 13.7. The van der Waals surface area contributed by atoms with Crippen LogP contribution in [0.2, 0.25) is 0 Å². The first-order valence-electron chi connectivity index (χ1n) is 28.2. The zero-order chi connectivity index (χ0) is 63.0. The quantitative estimate of drug-likeness (QED) is 0.0245. The molecule has 0 unspecified atom stereocenters. The van der Waals surface area contributed by atoms with Gasteiger partial charge in [-0.05, 0) is 102 Å². The van der Waals surface area contributed by atoms with Crippen molar-refractivity contribution < 1.29 is 87.6 Å². The second-order valence-corrected chi connectivity index (χ2v) is 24.9. The molecule has 0 atom stereocenters. The van der Waals surface area contributed by atoms with Gasteiger partial charge in [0, 0.05) is 5.92 Å². The Morgan fingerprint density at radius 3 is 1.01 bits per heavy atom. The van der Waals surface area contributed by atoms with Crippen molar-refractivity contribution in [2.24, 2.45) is 0 Å². The summed E-state index contributed by atoms with van der Waals surface area (Å²) in [6.45, 7) is 0.452. The summed E-state index contributed by atoms with van der Waals surface area (Å²) in [6.07, 6.45) is 0. The SMILES string of the molecule is Cc1ccc(C(c2ccccc2)(c2ccccc2)S(=O)(=O)C(F)(F)COC(=O)c2c3ccccc3cc3ccccc23)cc1.Cc1ccc(C(c2ccccc2)c2ccccc2)cc1.O=C(OCC(F)(F)S(=O)(=O)[O-])c1c2ccccc2cc2ccccc12.[Na+]. The Bertz CT molecular complexity index is 4530. The predicted octanol–water partition coefficient (Wildman–Crippen LogP) is 13.9. The number of benzene rings is 12. The molecule has 0 aliphatic rings. The van der Waals surface area contributed by atoms with E-state index in [1.54, 1.807) is 133 Å². The van der Waals surface area contributed by atoms with Gasteiger partial charge in [-0.2, -0.15) is 17.6 Å². The summed E-state index contributed by atoms with van der Waals surface area (Å²) in [5.74, 6) is -1.86. The third-order valence-electron chi connectivity index (χ3n) is 15.4. The fourth-order valence-electron chi connectivity index (χ4n) is 11.0. The van der Waals surface area contributed by atoms with Gasteiger partial charge in [0.2, 0.25) is 9.84 Å². The van der Waals surface area contributed by atoms with Crippen LogP contribution in [0.1, 0.15) is 71.1 Å². The Morgan fingerprint density at radius 1 is 0.389 bits per heavy atom. The van der Waals surface area contributed by atoms with Gasteiger partial charge < -0.3 is 14.0 Å². The average molecular weight is 1250 g/mol. The Balaban J connectivity index is 0.000000176. The molecule has 0 radical (unpaired) electrons. The molecule has 0 saturated carbocycles. The summed E-state index contributed by atoms with van der Waals surface area (Å²) in [5, 5.41) is -4.36. The minimum Gasteiger partial charge on any atom is -0.743 e. The summed E-state index contributed by atoms with van der Waals surface area (Å²) >= 11 is 0. The van der Waals surface area contributed by atoms with E-state index in [1.807, 2.05) is 43.3 Å². The summed E-state index contributed by atoms with van der Waals surface area (Å²) in [4.78, 5) is 26.0. The van der Waals surface area contributed by atoms with E-state index < -0.39 is 60.4 Å². The average Bonchev–Trinajstić information content (AvgIpc) is 0.717. The van der Waals surface area contributed by atoms with E-state index in [4.69, 9.17) is 4.74 Å². The molecule has 0 N–H and O–H groups in total. The first kappa shape index (κ1) is 65.6. The number of ether oxygens (including phenoxy) is 2. The number of fused-ring (bicyclic) bond motifs is 4. The molecule has 448 valence electrons. The molecule has 0 aliphatic carbocycles. The molecule has 0 bridgehead atoms. The van der Waals surface area contributed by atoms with Gasteiger partial charge in [-0.1, -0.05) is 278 Å². The van der Waals surface area contributed by atoms with Gasteiger partial charge in [0.25, 0.3) is 0 Å². The zero-order valence-corrected chi connectivity index (χ0v) is 52.7. The van der Waals surface area contributed by atoms with Gasteiger partial charge >= 0.3 is 52.0 Å². The van der Waals surface area contributed by atoms with Gasteiger partial charge in [0.15, 0.2) is 28.1 Å². The van der Waals surface area contributed by atoms with Crippen LogP contribution in [0.5, 0.6) is 0 Å². The van der Waals surface area contributed by atoms with Crippen molar-refractivity contribution in [1.82, 2.24) is 0 Å². The summed E-state index contributed by atoms with van der Waals surface area (Å²) in [7, 11) is -11.4. The molecule has 12 aromatic rings. The topological polar surface area (TPSA) is 144 Å². The van der Waals surface area contributed by atoms with Crippen molar-refractivity contribution in [2.75, 3.05) is 13.2 Å². The Labute approximate surface area is 541 Å². The van der Waals surface area contributed by atoms with E-state index in [-0.39, 0.29) is 57.4 Å². The van der Waals surface area contributed by atoms with Gasteiger partial charge in [0.1, 0.15) is 0 Å². The molecule has 0 aromatic heterocycles. The van der Waals surface area contributed by atoms with E-state index in [2.05, 4.69) is 96.6 Å². The molecule has 0 aliphatic heterocycles. The van der Waals surface area contributed by atoms with Crippen molar-refractivity contribution in [3.63, 3.8) is 0 Å². The number of aryl methyl sites for hydroxylation is 2. The Morgan fingerprint density at radius 2 is 0.667 bits per heavy atom. The number of carbonyl (C=O) groups excluding carboxylic acids is 2. The molecule has 9 nitrogen and oxygen atoms in total. The fourth-order valence-corrected chi connectivity index (χ4v) is 13.2. The van der Waals surface area contributed by atoms with Crippen LogP contribution in [0, 0.1) is 13.8 Å². The van der Waals surface area contributed by atoms with Crippen LogP contribution >= 0.6 is 0 Å². The Kier molecular flexibility index (Phi) is 20.4. The fraction of sp³-hybridized carbons (Fsp3) is 0.108. The van der Waals surface area contributed by atoms with E-state index in [9.17, 15) is 39.8 Å². The third-order valence-corrected chi connectivity index (χ3v) is 18.6. The predicted molar refractivity (Wildman–Crippen MR) is 341 cm³/mol. The van der Waals surface area contributed by atoms with Crippen LogP contribution in [-0.4, -0.2) is 57.0 Å². The molecular weight excluding hydrogens is 1200 g/mol. The maximum absolute atomic E-state index is 16.5. The van der Waals surface area contributed by atoms with Crippen molar-refractivity contribution in [3.8, 4) is 0 Å². The Hall–Kier alpha value is -8.80.